The van der Waals surface area contributed by atoms with Gasteiger partial charge in [0.05, 0.1) is 28.5 Å². The Kier molecular flexibility index (Phi) is 4.08. The van der Waals surface area contributed by atoms with Gasteiger partial charge < -0.3 is 9.42 Å². The van der Waals surface area contributed by atoms with Crippen LogP contribution in [-0.4, -0.2) is 49.4 Å². The number of fused-ring (bicyclic) bond motifs is 1. The molecule has 0 radical (unpaired) electrons. The van der Waals surface area contributed by atoms with Crippen molar-refractivity contribution in [1.82, 2.24) is 30.5 Å². The topological polar surface area (TPSA) is 101 Å². The van der Waals surface area contributed by atoms with Crippen LogP contribution < -0.4 is 0 Å². The predicted octanol–water partition coefficient (Wildman–Crippen LogP) is 2.69. The third kappa shape index (κ3) is 3.13. The summed E-state index contributed by atoms with van der Waals surface area (Å²) >= 11 is 0. The lowest BCUT2D eigenvalue weighted by Crippen LogP contribution is -2.39. The van der Waals surface area contributed by atoms with Crippen molar-refractivity contribution in [3.05, 3.63) is 34.9 Å². The number of aromatic nitrogens is 5. The van der Waals surface area contributed by atoms with Gasteiger partial charge in [0.1, 0.15) is 0 Å². The Morgan fingerprint density at radius 1 is 1.41 bits per heavy atom. The summed E-state index contributed by atoms with van der Waals surface area (Å²) < 4.78 is 45.6. The fourth-order valence-corrected chi connectivity index (χ4v) is 3.42. The van der Waals surface area contributed by atoms with Gasteiger partial charge >= 0.3 is 6.18 Å². The molecule has 11 heteroatoms. The van der Waals surface area contributed by atoms with Crippen LogP contribution >= 0.6 is 0 Å². The van der Waals surface area contributed by atoms with E-state index in [0.717, 1.165) is 6.07 Å². The number of carbonyl (C=O) groups is 1. The summed E-state index contributed by atoms with van der Waals surface area (Å²) in [5.41, 5.74) is -0.411. The van der Waals surface area contributed by atoms with Crippen LogP contribution in [0.15, 0.2) is 16.8 Å². The maximum absolute atomic E-state index is 13.5. The van der Waals surface area contributed by atoms with Crippen molar-refractivity contribution >= 4 is 17.0 Å². The molecule has 1 aliphatic rings. The fourth-order valence-electron chi connectivity index (χ4n) is 3.42. The van der Waals surface area contributed by atoms with Gasteiger partial charge in [0, 0.05) is 19.0 Å². The Morgan fingerprint density at radius 3 is 2.93 bits per heavy atom. The molecule has 1 N–H and O–H groups in total. The molecular formula is C16H15F3N6O2. The van der Waals surface area contributed by atoms with E-state index in [0.29, 0.717) is 19.4 Å². The average molecular weight is 380 g/mol. The van der Waals surface area contributed by atoms with E-state index in [4.69, 9.17) is 4.52 Å². The standard InChI is InChI=1S/C16H15F3N6O2/c1-8-13-10(16(17,18)19)5-11(21-14(13)27-23-8)9-3-2-4-25(7-9)15(26)12-6-20-24-22-12/h5-6,9H,2-4,7H2,1H3,(H,20,22,24)/t9-/m0/s1. The number of nitrogens with zero attached hydrogens (tertiary/aromatic N) is 5. The molecule has 1 amide bonds. The molecule has 0 aliphatic carbocycles. The minimum Gasteiger partial charge on any atom is -0.337 e. The number of rotatable bonds is 2. The van der Waals surface area contributed by atoms with E-state index in [-0.39, 0.29) is 46.6 Å². The summed E-state index contributed by atoms with van der Waals surface area (Å²) in [5, 5.41) is 13.2. The highest BCUT2D eigenvalue weighted by molar-refractivity contribution is 5.92. The van der Waals surface area contributed by atoms with Gasteiger partial charge in [-0.15, -0.1) is 0 Å². The van der Waals surface area contributed by atoms with E-state index in [9.17, 15) is 18.0 Å². The molecule has 0 bridgehead atoms. The number of halogens is 3. The maximum Gasteiger partial charge on any atom is 0.417 e. The number of H-pyrrole nitrogens is 1. The van der Waals surface area contributed by atoms with Gasteiger partial charge in [-0.3, -0.25) is 4.79 Å². The number of hydrogen-bond acceptors (Lipinski definition) is 6. The van der Waals surface area contributed by atoms with Crippen molar-refractivity contribution in [2.75, 3.05) is 13.1 Å². The molecular weight excluding hydrogens is 365 g/mol. The normalized spacial score (nSPS) is 18.2. The Labute approximate surface area is 150 Å². The first kappa shape index (κ1) is 17.4. The van der Waals surface area contributed by atoms with Crippen LogP contribution in [0, 0.1) is 6.92 Å². The minimum atomic E-state index is -4.56. The monoisotopic (exact) mass is 380 g/mol. The van der Waals surface area contributed by atoms with Crippen molar-refractivity contribution in [2.45, 2.75) is 31.9 Å². The van der Waals surface area contributed by atoms with Gasteiger partial charge in [0.15, 0.2) is 5.69 Å². The molecule has 1 fully saturated rings. The first-order valence-electron chi connectivity index (χ1n) is 8.33. The van der Waals surface area contributed by atoms with Crippen molar-refractivity contribution in [3.8, 4) is 0 Å². The number of aryl methyl sites for hydroxylation is 1. The average Bonchev–Trinajstić information content (AvgIpc) is 3.30. The molecule has 0 saturated carbocycles. The lowest BCUT2D eigenvalue weighted by Gasteiger charge is -2.32. The molecule has 27 heavy (non-hydrogen) atoms. The molecule has 0 unspecified atom stereocenters. The van der Waals surface area contributed by atoms with Gasteiger partial charge in [-0.25, -0.2) is 4.98 Å². The summed E-state index contributed by atoms with van der Waals surface area (Å²) in [7, 11) is 0. The van der Waals surface area contributed by atoms with E-state index < -0.39 is 11.7 Å². The number of pyridine rings is 1. The van der Waals surface area contributed by atoms with E-state index in [1.807, 2.05) is 0 Å². The highest BCUT2D eigenvalue weighted by atomic mass is 19.4. The molecule has 0 spiro atoms. The third-order valence-corrected chi connectivity index (χ3v) is 4.70. The van der Waals surface area contributed by atoms with Gasteiger partial charge in [0.25, 0.3) is 11.6 Å². The Morgan fingerprint density at radius 2 is 2.22 bits per heavy atom. The molecule has 3 aromatic heterocycles. The first-order valence-corrected chi connectivity index (χ1v) is 8.33. The highest BCUT2D eigenvalue weighted by Crippen LogP contribution is 2.38. The molecule has 142 valence electrons. The quantitative estimate of drug-likeness (QED) is 0.734. The lowest BCUT2D eigenvalue weighted by atomic mass is 9.92. The lowest BCUT2D eigenvalue weighted by molar-refractivity contribution is -0.136. The smallest absolute Gasteiger partial charge is 0.337 e. The minimum absolute atomic E-state index is 0.127. The largest absolute Gasteiger partial charge is 0.417 e. The van der Waals surface area contributed by atoms with E-state index in [1.165, 1.54) is 13.1 Å². The molecule has 1 atom stereocenters. The predicted molar refractivity (Wildman–Crippen MR) is 85.8 cm³/mol. The van der Waals surface area contributed by atoms with Gasteiger partial charge in [-0.1, -0.05) is 5.16 Å². The summed E-state index contributed by atoms with van der Waals surface area (Å²) in [4.78, 5) is 18.3. The van der Waals surface area contributed by atoms with Gasteiger partial charge in [-0.2, -0.15) is 28.6 Å². The summed E-state index contributed by atoms with van der Waals surface area (Å²) in [6, 6.07) is 1.04. The molecule has 1 aliphatic heterocycles. The van der Waals surface area contributed by atoms with Crippen LogP contribution in [0.5, 0.6) is 0 Å². The second-order valence-electron chi connectivity index (χ2n) is 6.49. The molecule has 3 aromatic rings. The number of aromatic amines is 1. The van der Waals surface area contributed by atoms with Crippen LogP contribution in [-0.2, 0) is 6.18 Å². The zero-order valence-corrected chi connectivity index (χ0v) is 14.2. The van der Waals surface area contributed by atoms with Crippen molar-refractivity contribution in [2.24, 2.45) is 0 Å². The van der Waals surface area contributed by atoms with E-state index >= 15 is 0 Å². The summed E-state index contributed by atoms with van der Waals surface area (Å²) in [6.07, 6.45) is -1.98. The Balaban J connectivity index is 1.68. The SMILES string of the molecule is Cc1noc2nc([C@H]3CCCN(C(=O)c4cn[nH]n4)C3)cc(C(F)(F)F)c12. The number of amides is 1. The van der Waals surface area contributed by atoms with Crippen LogP contribution in [0.4, 0.5) is 13.2 Å². The zero-order chi connectivity index (χ0) is 19.2. The molecule has 0 aromatic carbocycles. The van der Waals surface area contributed by atoms with Crippen LogP contribution in [0.25, 0.3) is 11.1 Å². The Bertz CT molecular complexity index is 982. The number of piperidine rings is 1. The van der Waals surface area contributed by atoms with Gasteiger partial charge in [-0.05, 0) is 25.8 Å². The first-order chi connectivity index (χ1) is 12.8. The van der Waals surface area contributed by atoms with Crippen molar-refractivity contribution < 1.29 is 22.5 Å². The van der Waals surface area contributed by atoms with Gasteiger partial charge in [0.2, 0.25) is 0 Å². The number of carbonyl (C=O) groups excluding carboxylic acids is 1. The molecule has 4 heterocycles. The van der Waals surface area contributed by atoms with E-state index in [1.54, 1.807) is 4.90 Å². The Hall–Kier alpha value is -2.98. The van der Waals surface area contributed by atoms with Crippen LogP contribution in [0.1, 0.15) is 46.2 Å². The fraction of sp³-hybridized carbons (Fsp3) is 0.438. The third-order valence-electron chi connectivity index (χ3n) is 4.70. The molecule has 4 rings (SSSR count). The maximum atomic E-state index is 13.5. The second-order valence-corrected chi connectivity index (χ2v) is 6.49. The highest BCUT2D eigenvalue weighted by Gasteiger charge is 2.37. The van der Waals surface area contributed by atoms with Crippen LogP contribution in [0.2, 0.25) is 0 Å². The van der Waals surface area contributed by atoms with Crippen molar-refractivity contribution in [1.29, 1.82) is 0 Å². The molecule has 8 nitrogen and oxygen atoms in total. The van der Waals surface area contributed by atoms with E-state index in [2.05, 4.69) is 25.6 Å². The second kappa shape index (κ2) is 6.32. The van der Waals surface area contributed by atoms with Crippen molar-refractivity contribution in [3.63, 3.8) is 0 Å². The molecule has 1 saturated heterocycles. The zero-order valence-electron chi connectivity index (χ0n) is 14.2. The number of hydrogen-bond donors (Lipinski definition) is 1. The summed E-state index contributed by atoms with van der Waals surface area (Å²) in [6.45, 7) is 2.19. The number of alkyl halides is 3. The summed E-state index contributed by atoms with van der Waals surface area (Å²) in [5.74, 6) is -0.661. The van der Waals surface area contributed by atoms with Crippen LogP contribution in [0.3, 0.4) is 0 Å². The number of nitrogens with one attached hydrogen (secondary N) is 1. The number of likely N-dealkylation sites (tertiary alicyclic amines) is 1.